The van der Waals surface area contributed by atoms with Crippen molar-refractivity contribution in [1.29, 1.82) is 0 Å². The normalized spacial score (nSPS) is 12.7. The molecule has 1 atom stereocenters. The SMILES string of the molecule is CCCCCC(NN)c1ncccc1CC. The van der Waals surface area contributed by atoms with Crippen molar-refractivity contribution >= 4 is 0 Å². The number of pyridine rings is 1. The van der Waals surface area contributed by atoms with Gasteiger partial charge in [-0.2, -0.15) is 0 Å². The topological polar surface area (TPSA) is 50.9 Å². The van der Waals surface area contributed by atoms with Crippen LogP contribution in [0.2, 0.25) is 0 Å². The van der Waals surface area contributed by atoms with Crippen molar-refractivity contribution in [3.63, 3.8) is 0 Å². The zero-order valence-electron chi connectivity index (χ0n) is 10.4. The molecule has 0 spiro atoms. The predicted molar refractivity (Wildman–Crippen MR) is 67.8 cm³/mol. The Kier molecular flexibility index (Phi) is 6.04. The minimum atomic E-state index is 0.197. The van der Waals surface area contributed by atoms with E-state index in [9.17, 15) is 0 Å². The number of hydrazine groups is 1. The third kappa shape index (κ3) is 3.58. The molecule has 3 heteroatoms. The Morgan fingerprint density at radius 3 is 2.81 bits per heavy atom. The monoisotopic (exact) mass is 221 g/mol. The zero-order valence-corrected chi connectivity index (χ0v) is 10.4. The number of nitrogens with two attached hydrogens (primary N) is 1. The van der Waals surface area contributed by atoms with Crippen LogP contribution in [0.15, 0.2) is 18.3 Å². The summed E-state index contributed by atoms with van der Waals surface area (Å²) >= 11 is 0. The average Bonchev–Trinajstić information content (AvgIpc) is 2.35. The molecule has 0 saturated carbocycles. The number of hydrogen-bond donors (Lipinski definition) is 2. The van der Waals surface area contributed by atoms with E-state index in [1.807, 2.05) is 12.3 Å². The van der Waals surface area contributed by atoms with Gasteiger partial charge in [-0.1, -0.05) is 39.2 Å². The maximum atomic E-state index is 5.62. The molecule has 0 aliphatic carbocycles. The Hall–Kier alpha value is -0.930. The van der Waals surface area contributed by atoms with Gasteiger partial charge in [0.05, 0.1) is 11.7 Å². The quantitative estimate of drug-likeness (QED) is 0.423. The summed E-state index contributed by atoms with van der Waals surface area (Å²) in [5, 5.41) is 0. The largest absolute Gasteiger partial charge is 0.271 e. The number of rotatable bonds is 7. The number of nitrogens with one attached hydrogen (secondary N) is 1. The summed E-state index contributed by atoms with van der Waals surface area (Å²) in [6, 6.07) is 4.32. The van der Waals surface area contributed by atoms with E-state index in [0.29, 0.717) is 0 Å². The fourth-order valence-electron chi connectivity index (χ4n) is 1.96. The third-order valence-electron chi connectivity index (χ3n) is 2.93. The Balaban J connectivity index is 2.69. The summed E-state index contributed by atoms with van der Waals surface area (Å²) in [5.74, 6) is 5.62. The predicted octanol–water partition coefficient (Wildman–Crippen LogP) is 2.73. The van der Waals surface area contributed by atoms with Crippen LogP contribution in [0, 0.1) is 0 Å². The lowest BCUT2D eigenvalue weighted by molar-refractivity contribution is 0.474. The molecular formula is C13H23N3. The van der Waals surface area contributed by atoms with E-state index in [4.69, 9.17) is 5.84 Å². The average molecular weight is 221 g/mol. The summed E-state index contributed by atoms with van der Waals surface area (Å²) in [6.45, 7) is 4.36. The molecule has 0 amide bonds. The van der Waals surface area contributed by atoms with E-state index in [1.54, 1.807) is 0 Å². The highest BCUT2D eigenvalue weighted by atomic mass is 15.2. The number of unbranched alkanes of at least 4 members (excludes halogenated alkanes) is 2. The van der Waals surface area contributed by atoms with Crippen LogP contribution in [0.25, 0.3) is 0 Å². The van der Waals surface area contributed by atoms with Crippen LogP contribution < -0.4 is 11.3 Å². The first kappa shape index (κ1) is 13.1. The summed E-state index contributed by atoms with van der Waals surface area (Å²) in [6.07, 6.45) is 7.61. The van der Waals surface area contributed by atoms with Crippen LogP contribution >= 0.6 is 0 Å². The smallest absolute Gasteiger partial charge is 0.0635 e. The minimum Gasteiger partial charge on any atom is -0.271 e. The van der Waals surface area contributed by atoms with E-state index in [0.717, 1.165) is 18.5 Å². The maximum absolute atomic E-state index is 5.62. The van der Waals surface area contributed by atoms with Crippen molar-refractivity contribution < 1.29 is 0 Å². The highest BCUT2D eigenvalue weighted by Gasteiger charge is 2.13. The molecule has 1 aromatic rings. The Morgan fingerprint density at radius 2 is 2.19 bits per heavy atom. The summed E-state index contributed by atoms with van der Waals surface area (Å²) in [5.41, 5.74) is 5.30. The molecule has 90 valence electrons. The summed E-state index contributed by atoms with van der Waals surface area (Å²) in [4.78, 5) is 4.46. The number of aryl methyl sites for hydroxylation is 1. The lowest BCUT2D eigenvalue weighted by atomic mass is 10.0. The van der Waals surface area contributed by atoms with Crippen LogP contribution in [0.4, 0.5) is 0 Å². The van der Waals surface area contributed by atoms with Crippen LogP contribution in [0.3, 0.4) is 0 Å². The Morgan fingerprint density at radius 1 is 1.38 bits per heavy atom. The van der Waals surface area contributed by atoms with Crippen LogP contribution in [-0.2, 0) is 6.42 Å². The molecule has 0 fully saturated rings. The second-order valence-corrected chi connectivity index (χ2v) is 4.12. The first-order valence-electron chi connectivity index (χ1n) is 6.23. The van der Waals surface area contributed by atoms with Crippen molar-refractivity contribution in [2.24, 2.45) is 5.84 Å². The molecule has 0 aliphatic heterocycles. The highest BCUT2D eigenvalue weighted by molar-refractivity contribution is 5.22. The van der Waals surface area contributed by atoms with E-state index >= 15 is 0 Å². The zero-order chi connectivity index (χ0) is 11.8. The summed E-state index contributed by atoms with van der Waals surface area (Å²) in [7, 11) is 0. The number of nitrogens with zero attached hydrogens (tertiary/aromatic N) is 1. The molecule has 1 heterocycles. The second kappa shape index (κ2) is 7.36. The van der Waals surface area contributed by atoms with Crippen molar-refractivity contribution in [3.05, 3.63) is 29.6 Å². The summed E-state index contributed by atoms with van der Waals surface area (Å²) < 4.78 is 0. The van der Waals surface area contributed by atoms with Crippen LogP contribution in [0.5, 0.6) is 0 Å². The highest BCUT2D eigenvalue weighted by Crippen LogP contribution is 2.20. The van der Waals surface area contributed by atoms with Gasteiger partial charge < -0.3 is 0 Å². The van der Waals surface area contributed by atoms with E-state index in [2.05, 4.69) is 30.3 Å². The molecule has 0 aromatic carbocycles. The molecule has 1 unspecified atom stereocenters. The first-order chi connectivity index (χ1) is 7.83. The Labute approximate surface area is 98.4 Å². The standard InChI is InChI=1S/C13H23N3/c1-3-5-6-9-12(16-14)13-11(4-2)8-7-10-15-13/h7-8,10,12,16H,3-6,9,14H2,1-2H3. The molecule has 3 nitrogen and oxygen atoms in total. The molecule has 3 N–H and O–H groups in total. The van der Waals surface area contributed by atoms with Crippen molar-refractivity contribution in [1.82, 2.24) is 10.4 Å². The van der Waals surface area contributed by atoms with Gasteiger partial charge in [-0.15, -0.1) is 0 Å². The van der Waals surface area contributed by atoms with Gasteiger partial charge in [0.1, 0.15) is 0 Å². The molecule has 16 heavy (non-hydrogen) atoms. The van der Waals surface area contributed by atoms with E-state index < -0.39 is 0 Å². The van der Waals surface area contributed by atoms with Crippen LogP contribution in [0.1, 0.15) is 56.8 Å². The van der Waals surface area contributed by atoms with Gasteiger partial charge in [0, 0.05) is 6.20 Å². The van der Waals surface area contributed by atoms with Crippen molar-refractivity contribution in [2.75, 3.05) is 0 Å². The molecule has 0 radical (unpaired) electrons. The van der Waals surface area contributed by atoms with E-state index in [1.165, 1.54) is 24.8 Å². The molecular weight excluding hydrogens is 198 g/mol. The van der Waals surface area contributed by atoms with Gasteiger partial charge in [0.2, 0.25) is 0 Å². The fraction of sp³-hybridized carbons (Fsp3) is 0.615. The first-order valence-corrected chi connectivity index (χ1v) is 6.23. The van der Waals surface area contributed by atoms with Gasteiger partial charge in [-0.3, -0.25) is 16.3 Å². The number of hydrogen-bond acceptors (Lipinski definition) is 3. The molecule has 1 aromatic heterocycles. The molecule has 0 bridgehead atoms. The minimum absolute atomic E-state index is 0.197. The lowest BCUT2D eigenvalue weighted by Gasteiger charge is -2.17. The van der Waals surface area contributed by atoms with Crippen molar-refractivity contribution in [2.45, 2.75) is 52.0 Å². The molecule has 0 aliphatic rings. The second-order valence-electron chi connectivity index (χ2n) is 4.12. The number of aromatic nitrogens is 1. The maximum Gasteiger partial charge on any atom is 0.0635 e. The molecule has 1 rings (SSSR count). The van der Waals surface area contributed by atoms with Gasteiger partial charge >= 0.3 is 0 Å². The fourth-order valence-corrected chi connectivity index (χ4v) is 1.96. The van der Waals surface area contributed by atoms with E-state index in [-0.39, 0.29) is 6.04 Å². The molecule has 0 saturated heterocycles. The third-order valence-corrected chi connectivity index (χ3v) is 2.93. The van der Waals surface area contributed by atoms with Crippen molar-refractivity contribution in [3.8, 4) is 0 Å². The Bertz CT molecular complexity index is 299. The van der Waals surface area contributed by atoms with Gasteiger partial charge in [0.15, 0.2) is 0 Å². The van der Waals surface area contributed by atoms with Crippen LogP contribution in [-0.4, -0.2) is 4.98 Å². The lowest BCUT2D eigenvalue weighted by Crippen LogP contribution is -2.29. The van der Waals surface area contributed by atoms with Gasteiger partial charge in [-0.05, 0) is 24.5 Å². The van der Waals surface area contributed by atoms with Gasteiger partial charge in [0.25, 0.3) is 0 Å². The van der Waals surface area contributed by atoms with Gasteiger partial charge in [-0.25, -0.2) is 0 Å².